The number of piperidine rings is 6. The Morgan fingerprint density at radius 3 is 1.09 bits per heavy atom. The molecule has 308 valence electrons. The van der Waals surface area contributed by atoms with Crippen molar-refractivity contribution in [2.45, 2.75) is 62.6 Å². The molecule has 6 fully saturated rings. The number of halogens is 2. The van der Waals surface area contributed by atoms with Crippen LogP contribution >= 0.6 is 0 Å². The van der Waals surface area contributed by atoms with Crippen molar-refractivity contribution in [2.75, 3.05) is 65.6 Å². The highest BCUT2D eigenvalue weighted by atomic mass is 79.9. The third-order valence-corrected chi connectivity index (χ3v) is 15.0. The van der Waals surface area contributed by atoms with E-state index in [2.05, 4.69) is 48.5 Å². The van der Waals surface area contributed by atoms with Crippen LogP contribution in [-0.4, -0.2) is 109 Å². The van der Waals surface area contributed by atoms with Gasteiger partial charge in [-0.05, 0) is 58.4 Å². The van der Waals surface area contributed by atoms with Crippen molar-refractivity contribution in [3.8, 4) is 22.3 Å². The Balaban J connectivity index is 0.000000171. The Kier molecular flexibility index (Phi) is 12.2. The van der Waals surface area contributed by atoms with Crippen molar-refractivity contribution in [3.05, 3.63) is 119 Å². The van der Waals surface area contributed by atoms with Gasteiger partial charge in [0.15, 0.2) is 12.2 Å². The second-order valence-corrected chi connectivity index (χ2v) is 17.8. The van der Waals surface area contributed by atoms with Gasteiger partial charge in [-0.1, -0.05) is 97.1 Å². The summed E-state index contributed by atoms with van der Waals surface area (Å²) in [6.07, 6.45) is 4.25. The predicted octanol–water partition coefficient (Wildman–Crippen LogP) is 0.243. The highest BCUT2D eigenvalue weighted by Crippen LogP contribution is 2.51. The smallest absolute Gasteiger partial charge is 0.321 e. The molecule has 8 aliphatic rings. The van der Waals surface area contributed by atoms with Gasteiger partial charge in [-0.3, -0.25) is 9.59 Å². The Labute approximate surface area is 363 Å². The fourth-order valence-corrected chi connectivity index (χ4v) is 11.6. The van der Waals surface area contributed by atoms with E-state index in [0.29, 0.717) is 11.8 Å². The Morgan fingerprint density at radius 2 is 0.810 bits per heavy atom. The number of esters is 2. The van der Waals surface area contributed by atoms with Crippen molar-refractivity contribution in [3.63, 3.8) is 0 Å². The Morgan fingerprint density at radius 1 is 0.534 bits per heavy atom. The van der Waals surface area contributed by atoms with Gasteiger partial charge < -0.3 is 62.6 Å². The van der Waals surface area contributed by atoms with Gasteiger partial charge in [0, 0.05) is 37.5 Å². The first kappa shape index (κ1) is 42.7. The maximum Gasteiger partial charge on any atom is 0.321 e. The van der Waals surface area contributed by atoms with Crippen molar-refractivity contribution in [1.29, 1.82) is 0 Å². The maximum absolute atomic E-state index is 13.6. The van der Waals surface area contributed by atoms with Gasteiger partial charge in [0.25, 0.3) is 0 Å². The molecule has 2 atom stereocenters. The molecule has 4 bridgehead atoms. The maximum atomic E-state index is 13.6. The number of aliphatic hydroxyl groups is 2. The molecule has 0 saturated carbocycles. The molecule has 0 unspecified atom stereocenters. The van der Waals surface area contributed by atoms with E-state index in [-0.39, 0.29) is 71.3 Å². The second kappa shape index (κ2) is 16.6. The third-order valence-electron chi connectivity index (χ3n) is 15.0. The molecule has 10 heteroatoms. The van der Waals surface area contributed by atoms with Gasteiger partial charge in [-0.15, -0.1) is 0 Å². The normalized spacial score (nSPS) is 28.2. The van der Waals surface area contributed by atoms with E-state index in [4.69, 9.17) is 9.47 Å². The van der Waals surface area contributed by atoms with Crippen LogP contribution in [0.15, 0.2) is 97.1 Å². The minimum absolute atomic E-state index is 0. The van der Waals surface area contributed by atoms with Crippen LogP contribution in [0.5, 0.6) is 0 Å². The van der Waals surface area contributed by atoms with Gasteiger partial charge in [-0.2, -0.15) is 0 Å². The lowest BCUT2D eigenvalue weighted by Crippen LogP contribution is -3.00. The summed E-state index contributed by atoms with van der Waals surface area (Å²) in [4.78, 5) is 27.2. The fraction of sp³-hybridized carbons (Fsp3) is 0.458. The van der Waals surface area contributed by atoms with Gasteiger partial charge >= 0.3 is 11.9 Å². The van der Waals surface area contributed by atoms with E-state index < -0.39 is 10.8 Å². The molecule has 4 aromatic rings. The highest BCUT2D eigenvalue weighted by Gasteiger charge is 2.53. The topological polar surface area (TPSA) is 93.1 Å². The molecular weight excluding hydrogens is 860 g/mol. The summed E-state index contributed by atoms with van der Waals surface area (Å²) < 4.78 is 14.3. The number of carbonyl (C=O) groups excluding carboxylic acids is 2. The van der Waals surface area contributed by atoms with Crippen LogP contribution in [0.3, 0.4) is 0 Å². The summed E-state index contributed by atoms with van der Waals surface area (Å²) in [5, 5.41) is 19.0. The average Bonchev–Trinajstić information content (AvgIpc) is 3.66. The van der Waals surface area contributed by atoms with E-state index >= 15 is 0 Å². The number of quaternary nitrogens is 2. The highest BCUT2D eigenvalue weighted by molar-refractivity contribution is 5.98. The van der Waals surface area contributed by atoms with E-state index in [1.807, 2.05) is 62.4 Å². The zero-order chi connectivity index (χ0) is 38.7. The summed E-state index contributed by atoms with van der Waals surface area (Å²) in [6.45, 7) is 12.0. The molecule has 0 aromatic heterocycles. The van der Waals surface area contributed by atoms with E-state index in [0.717, 1.165) is 132 Å². The number of fused-ring (bicyclic) bond motifs is 12. The number of hydrogen-bond donors (Lipinski definition) is 2. The molecule has 0 amide bonds. The molecule has 6 aliphatic heterocycles. The van der Waals surface area contributed by atoms with Crippen LogP contribution in [0.4, 0.5) is 0 Å². The quantitative estimate of drug-likeness (QED) is 0.195. The zero-order valence-electron chi connectivity index (χ0n) is 33.6. The van der Waals surface area contributed by atoms with Crippen LogP contribution in [0, 0.1) is 11.8 Å². The first-order valence-electron chi connectivity index (χ1n) is 20.9. The monoisotopic (exact) mass is 914 g/mol. The zero-order valence-corrected chi connectivity index (χ0v) is 36.8. The van der Waals surface area contributed by atoms with Crippen LogP contribution in [0.25, 0.3) is 22.3 Å². The second-order valence-electron chi connectivity index (χ2n) is 17.8. The van der Waals surface area contributed by atoms with Gasteiger partial charge in [0.2, 0.25) is 0 Å². The standard InChI is InChI=1S/2C24H28NO3.2BrH/c2*1-24(20-8-4-2-6-18(20)19-7-3-5-9-21(19)24)23(27)28-22-16-25(14-15-26)12-10-17(22)11-13-25;;/h2*2-9,17,22,26H,10-16H2,1H3;2*1H/q2*+1;;/p-2/t2*17?,22-,25?;;/m00../s1. The van der Waals surface area contributed by atoms with E-state index in [9.17, 15) is 19.8 Å². The largest absolute Gasteiger partial charge is 1.00 e. The number of carbonyl (C=O) groups is 2. The predicted molar refractivity (Wildman–Crippen MR) is 216 cm³/mol. The van der Waals surface area contributed by atoms with E-state index in [1.165, 1.54) is 0 Å². The van der Waals surface area contributed by atoms with Crippen LogP contribution in [0.2, 0.25) is 0 Å². The van der Waals surface area contributed by atoms with Gasteiger partial charge in [-0.25, -0.2) is 0 Å². The van der Waals surface area contributed by atoms with Crippen molar-refractivity contribution in [2.24, 2.45) is 11.8 Å². The summed E-state index contributed by atoms with van der Waals surface area (Å²) in [6, 6.07) is 32.8. The number of benzene rings is 4. The molecule has 58 heavy (non-hydrogen) atoms. The fourth-order valence-electron chi connectivity index (χ4n) is 11.6. The minimum Gasteiger partial charge on any atom is -1.00 e. The first-order valence-corrected chi connectivity index (χ1v) is 20.9. The van der Waals surface area contributed by atoms with Crippen LogP contribution in [0.1, 0.15) is 61.8 Å². The number of hydrogen-bond acceptors (Lipinski definition) is 6. The SMILES string of the molecule is CC1(C(=O)O[C@H]2C[N+]3(CCO)CCC2CC3)c2ccccc2-c2ccccc21.CC1(C(=O)O[C@H]2C[N+]3(CCO)CCC2CC3)c2ccccc2-c2ccccc21.[Br-].[Br-]. The Hall–Kier alpha value is -3.38. The van der Waals surface area contributed by atoms with E-state index in [1.54, 1.807) is 0 Å². The molecule has 8 nitrogen and oxygen atoms in total. The molecule has 2 aliphatic carbocycles. The number of ether oxygens (including phenoxy) is 2. The molecule has 2 N–H and O–H groups in total. The lowest BCUT2D eigenvalue weighted by molar-refractivity contribution is -0.946. The summed E-state index contributed by atoms with van der Waals surface area (Å²) >= 11 is 0. The molecule has 0 radical (unpaired) electrons. The molecule has 6 saturated heterocycles. The van der Waals surface area contributed by atoms with Crippen molar-refractivity contribution < 1.29 is 72.2 Å². The molecule has 6 heterocycles. The molecule has 0 spiro atoms. The lowest BCUT2D eigenvalue weighted by atomic mass is 9.79. The minimum atomic E-state index is -0.763. The van der Waals surface area contributed by atoms with Crippen molar-refractivity contribution in [1.82, 2.24) is 0 Å². The summed E-state index contributed by atoms with van der Waals surface area (Å²) in [5.74, 6) is 0.646. The van der Waals surface area contributed by atoms with Gasteiger partial charge in [0.05, 0.1) is 39.4 Å². The average molecular weight is 917 g/mol. The third kappa shape index (κ3) is 6.89. The van der Waals surface area contributed by atoms with Crippen molar-refractivity contribution >= 4 is 11.9 Å². The van der Waals surface area contributed by atoms with Crippen LogP contribution < -0.4 is 34.0 Å². The number of aliphatic hydroxyl groups excluding tert-OH is 2. The number of rotatable bonds is 8. The lowest BCUT2D eigenvalue weighted by Gasteiger charge is -2.52. The number of nitrogens with zero attached hydrogens (tertiary/aromatic N) is 2. The van der Waals surface area contributed by atoms with Gasteiger partial charge in [0.1, 0.15) is 37.0 Å². The first-order chi connectivity index (χ1) is 27.1. The molecule has 12 rings (SSSR count). The Bertz CT molecular complexity index is 1890. The van der Waals surface area contributed by atoms with Crippen LogP contribution in [-0.2, 0) is 29.9 Å². The summed E-state index contributed by atoms with van der Waals surface area (Å²) in [7, 11) is 0. The summed E-state index contributed by atoms with van der Waals surface area (Å²) in [5.41, 5.74) is 7.19. The molecule has 4 aromatic carbocycles. The molecular formula is C48H56Br2N2O6.